The van der Waals surface area contributed by atoms with Crippen LogP contribution >= 0.6 is 0 Å². The molecule has 0 spiro atoms. The highest BCUT2D eigenvalue weighted by molar-refractivity contribution is 5.83. The van der Waals surface area contributed by atoms with Gasteiger partial charge in [-0.3, -0.25) is 4.79 Å². The van der Waals surface area contributed by atoms with Crippen LogP contribution in [0, 0.1) is 5.82 Å². The number of hydrogen-bond donors (Lipinski definition) is 0. The second-order valence-corrected chi connectivity index (χ2v) is 5.61. The molecule has 5 nitrogen and oxygen atoms in total. The van der Waals surface area contributed by atoms with Crippen molar-refractivity contribution in [1.82, 2.24) is 14.7 Å². The average Bonchev–Trinajstić information content (AvgIpc) is 3.13. The molecule has 2 aromatic carbocycles. The number of benzene rings is 2. The van der Waals surface area contributed by atoms with E-state index < -0.39 is 5.82 Å². The summed E-state index contributed by atoms with van der Waals surface area (Å²) in [5.74, 6) is 0.0644. The topological polar surface area (TPSA) is 60.9 Å². The van der Waals surface area contributed by atoms with E-state index in [-0.39, 0.29) is 16.9 Å². The Balaban J connectivity index is 1.91. The van der Waals surface area contributed by atoms with Crippen LogP contribution in [-0.2, 0) is 6.54 Å². The normalized spacial score (nSPS) is 11.1. The molecule has 0 unspecified atom stereocenters. The lowest BCUT2D eigenvalue weighted by atomic mass is 10.1. The Hall–Kier alpha value is -3.28. The summed E-state index contributed by atoms with van der Waals surface area (Å²) in [5, 5.41) is 4.24. The number of aromatic nitrogens is 3. The first kappa shape index (κ1) is 15.3. The van der Waals surface area contributed by atoms with Gasteiger partial charge in [-0.15, -0.1) is 0 Å². The van der Waals surface area contributed by atoms with Crippen LogP contribution < -0.4 is 5.43 Å². The van der Waals surface area contributed by atoms with Gasteiger partial charge in [0.15, 0.2) is 0 Å². The molecule has 0 radical (unpaired) electrons. The summed E-state index contributed by atoms with van der Waals surface area (Å²) in [5.41, 5.74) is 1.39. The van der Waals surface area contributed by atoms with E-state index in [1.807, 2.05) is 41.8 Å². The van der Waals surface area contributed by atoms with Gasteiger partial charge in [-0.1, -0.05) is 35.5 Å². The molecule has 124 valence electrons. The monoisotopic (exact) mass is 335 g/mol. The van der Waals surface area contributed by atoms with E-state index in [1.54, 1.807) is 12.3 Å². The maximum absolute atomic E-state index is 13.6. The van der Waals surface area contributed by atoms with Gasteiger partial charge in [0.25, 0.3) is 5.89 Å². The van der Waals surface area contributed by atoms with Crippen LogP contribution in [0.1, 0.15) is 6.92 Å². The summed E-state index contributed by atoms with van der Waals surface area (Å²) in [4.78, 5) is 17.1. The van der Waals surface area contributed by atoms with Crippen molar-refractivity contribution in [2.45, 2.75) is 13.5 Å². The van der Waals surface area contributed by atoms with Crippen LogP contribution in [0.15, 0.2) is 64.0 Å². The summed E-state index contributed by atoms with van der Waals surface area (Å²) in [6.07, 6.45) is 1.67. The van der Waals surface area contributed by atoms with Gasteiger partial charge < -0.3 is 9.09 Å². The van der Waals surface area contributed by atoms with Gasteiger partial charge in [0.2, 0.25) is 11.3 Å². The maximum atomic E-state index is 13.6. The molecule has 0 aliphatic rings. The minimum absolute atomic E-state index is 0.122. The minimum Gasteiger partial charge on any atom is -0.347 e. The van der Waals surface area contributed by atoms with Crippen molar-refractivity contribution in [3.8, 4) is 22.8 Å². The highest BCUT2D eigenvalue weighted by atomic mass is 19.1. The molecular formula is C19H14FN3O2. The number of rotatable bonds is 3. The lowest BCUT2D eigenvalue weighted by molar-refractivity contribution is 0.431. The third-order valence-electron chi connectivity index (χ3n) is 4.07. The molecule has 0 amide bonds. The molecule has 25 heavy (non-hydrogen) atoms. The molecule has 4 aromatic rings. The standard InChI is InChI=1S/C19H14FN3O2/c1-2-23-11-15(17(24)14-10-13(20)8-9-16(14)23)19-21-18(22-25-19)12-6-4-3-5-7-12/h3-11H,2H2,1H3. The van der Waals surface area contributed by atoms with Crippen molar-refractivity contribution >= 4 is 10.9 Å². The van der Waals surface area contributed by atoms with Crippen molar-refractivity contribution < 1.29 is 8.91 Å². The van der Waals surface area contributed by atoms with Crippen molar-refractivity contribution in [2.75, 3.05) is 0 Å². The van der Waals surface area contributed by atoms with E-state index in [9.17, 15) is 9.18 Å². The lowest BCUT2D eigenvalue weighted by Gasteiger charge is -2.09. The molecule has 6 heteroatoms. The van der Waals surface area contributed by atoms with Gasteiger partial charge in [-0.2, -0.15) is 4.98 Å². The van der Waals surface area contributed by atoms with Gasteiger partial charge in [0, 0.05) is 23.7 Å². The van der Waals surface area contributed by atoms with E-state index in [4.69, 9.17) is 4.52 Å². The zero-order valence-corrected chi connectivity index (χ0v) is 13.4. The number of fused-ring (bicyclic) bond motifs is 1. The van der Waals surface area contributed by atoms with Crippen LogP contribution in [0.25, 0.3) is 33.7 Å². The molecule has 0 bridgehead atoms. The molecule has 0 aliphatic heterocycles. The molecule has 0 atom stereocenters. The second kappa shape index (κ2) is 5.98. The first-order valence-corrected chi connectivity index (χ1v) is 7.89. The molecule has 0 saturated carbocycles. The zero-order chi connectivity index (χ0) is 17.4. The molecule has 4 rings (SSSR count). The van der Waals surface area contributed by atoms with Gasteiger partial charge in [0.05, 0.1) is 5.52 Å². The van der Waals surface area contributed by atoms with Crippen LogP contribution in [0.3, 0.4) is 0 Å². The quantitative estimate of drug-likeness (QED) is 0.570. The number of aryl methyl sites for hydroxylation is 1. The largest absolute Gasteiger partial charge is 0.347 e. The predicted octanol–water partition coefficient (Wildman–Crippen LogP) is 3.88. The molecule has 0 N–H and O–H groups in total. The molecule has 0 fully saturated rings. The number of halogens is 1. The fraction of sp³-hybridized carbons (Fsp3) is 0.105. The minimum atomic E-state index is -0.458. The lowest BCUT2D eigenvalue weighted by Crippen LogP contribution is -2.12. The number of hydrogen-bond acceptors (Lipinski definition) is 4. The third kappa shape index (κ3) is 2.61. The van der Waals surface area contributed by atoms with Gasteiger partial charge in [-0.05, 0) is 25.1 Å². The van der Waals surface area contributed by atoms with Gasteiger partial charge >= 0.3 is 0 Å². The molecule has 2 aromatic heterocycles. The number of pyridine rings is 1. The van der Waals surface area contributed by atoms with E-state index in [0.717, 1.165) is 5.56 Å². The second-order valence-electron chi connectivity index (χ2n) is 5.61. The smallest absolute Gasteiger partial charge is 0.263 e. The summed E-state index contributed by atoms with van der Waals surface area (Å²) < 4.78 is 20.8. The first-order valence-electron chi connectivity index (χ1n) is 7.89. The average molecular weight is 335 g/mol. The Bertz CT molecular complexity index is 1120. The van der Waals surface area contributed by atoms with E-state index >= 15 is 0 Å². The summed E-state index contributed by atoms with van der Waals surface area (Å²) >= 11 is 0. The van der Waals surface area contributed by atoms with Crippen molar-refractivity contribution in [3.05, 3.63) is 70.8 Å². The Labute approximate surface area is 142 Å². The molecule has 0 aliphatic carbocycles. The highest BCUT2D eigenvalue weighted by Gasteiger charge is 2.17. The summed E-state index contributed by atoms with van der Waals surface area (Å²) in [6.45, 7) is 2.56. The zero-order valence-electron chi connectivity index (χ0n) is 13.4. The summed E-state index contributed by atoms with van der Waals surface area (Å²) in [6, 6.07) is 13.5. The summed E-state index contributed by atoms with van der Waals surface area (Å²) in [7, 11) is 0. The molecular weight excluding hydrogens is 321 g/mol. The van der Waals surface area contributed by atoms with Crippen LogP contribution in [0.4, 0.5) is 4.39 Å². The highest BCUT2D eigenvalue weighted by Crippen LogP contribution is 2.22. The van der Waals surface area contributed by atoms with Crippen LogP contribution in [0.5, 0.6) is 0 Å². The maximum Gasteiger partial charge on any atom is 0.263 e. The van der Waals surface area contributed by atoms with Crippen molar-refractivity contribution in [3.63, 3.8) is 0 Å². The fourth-order valence-electron chi connectivity index (χ4n) is 2.82. The van der Waals surface area contributed by atoms with Crippen molar-refractivity contribution in [2.24, 2.45) is 0 Å². The Morgan fingerprint density at radius 3 is 2.72 bits per heavy atom. The van der Waals surface area contributed by atoms with E-state index in [2.05, 4.69) is 10.1 Å². The third-order valence-corrected chi connectivity index (χ3v) is 4.07. The van der Waals surface area contributed by atoms with Crippen LogP contribution in [0.2, 0.25) is 0 Å². The Morgan fingerprint density at radius 1 is 1.16 bits per heavy atom. The Morgan fingerprint density at radius 2 is 1.96 bits per heavy atom. The first-order chi connectivity index (χ1) is 12.2. The van der Waals surface area contributed by atoms with Gasteiger partial charge in [-0.25, -0.2) is 4.39 Å². The SMILES string of the molecule is CCn1cc(-c2nc(-c3ccccc3)no2)c(=O)c2cc(F)ccc21. The van der Waals surface area contributed by atoms with Crippen molar-refractivity contribution in [1.29, 1.82) is 0 Å². The fourth-order valence-corrected chi connectivity index (χ4v) is 2.82. The van der Waals surface area contributed by atoms with E-state index in [0.29, 0.717) is 23.3 Å². The predicted molar refractivity (Wildman–Crippen MR) is 92.6 cm³/mol. The molecule has 0 saturated heterocycles. The van der Waals surface area contributed by atoms with Gasteiger partial charge in [0.1, 0.15) is 11.4 Å². The Kier molecular flexibility index (Phi) is 3.65. The number of nitrogens with zero attached hydrogens (tertiary/aromatic N) is 3. The molecule has 2 heterocycles. The van der Waals surface area contributed by atoms with Crippen LogP contribution in [-0.4, -0.2) is 14.7 Å². The van der Waals surface area contributed by atoms with E-state index in [1.165, 1.54) is 12.1 Å².